The zero-order valence-electron chi connectivity index (χ0n) is 15.8. The molecule has 0 radical (unpaired) electrons. The molecule has 1 saturated heterocycles. The van der Waals surface area contributed by atoms with E-state index in [4.69, 9.17) is 0 Å². The van der Waals surface area contributed by atoms with E-state index in [9.17, 15) is 9.18 Å². The van der Waals surface area contributed by atoms with E-state index in [1.165, 1.54) is 23.6 Å². The van der Waals surface area contributed by atoms with Crippen LogP contribution in [-0.4, -0.2) is 47.8 Å². The molecular weight excluding hydrogens is 393 g/mol. The number of hydrogen-bond acceptors (Lipinski definition) is 4. The van der Waals surface area contributed by atoms with Crippen LogP contribution in [0.1, 0.15) is 12.0 Å². The Labute approximate surface area is 174 Å². The molecule has 0 atom stereocenters. The highest BCUT2D eigenvalue weighted by atomic mass is 32.2. The molecule has 0 bridgehead atoms. The van der Waals surface area contributed by atoms with E-state index in [2.05, 4.69) is 21.6 Å². The summed E-state index contributed by atoms with van der Waals surface area (Å²) in [6, 6.07) is 14.3. The molecule has 1 aliphatic rings. The Morgan fingerprint density at radius 1 is 1.11 bits per heavy atom. The van der Waals surface area contributed by atoms with Crippen molar-refractivity contribution in [3.63, 3.8) is 0 Å². The van der Waals surface area contributed by atoms with Gasteiger partial charge in [-0.25, -0.2) is 9.18 Å². The molecule has 7 heteroatoms. The van der Waals surface area contributed by atoms with Crippen LogP contribution in [0.25, 0.3) is 0 Å². The summed E-state index contributed by atoms with van der Waals surface area (Å²) < 4.78 is 12.9. The highest BCUT2D eigenvalue weighted by Crippen LogP contribution is 2.20. The van der Waals surface area contributed by atoms with Gasteiger partial charge >= 0.3 is 6.03 Å². The van der Waals surface area contributed by atoms with Crippen LogP contribution in [-0.2, 0) is 6.54 Å². The minimum Gasteiger partial charge on any atom is -0.338 e. The number of urea groups is 1. The van der Waals surface area contributed by atoms with Gasteiger partial charge in [0.2, 0.25) is 0 Å². The fourth-order valence-electron chi connectivity index (χ4n) is 2.94. The van der Waals surface area contributed by atoms with Crippen LogP contribution in [0, 0.1) is 5.82 Å². The maximum absolute atomic E-state index is 12.9. The first-order valence-corrected chi connectivity index (χ1v) is 11.7. The SMILES string of the molecule is O=C(NCCCSc1ccc(F)cc1)Nc1ccccc1CN1CCSCC1. The molecule has 3 rings (SSSR count). The van der Waals surface area contributed by atoms with Crippen LogP contribution >= 0.6 is 23.5 Å². The number of halogens is 1. The number of carbonyl (C=O) groups excluding carboxylic acids is 1. The molecule has 150 valence electrons. The Morgan fingerprint density at radius 2 is 1.86 bits per heavy atom. The fraction of sp³-hybridized carbons (Fsp3) is 0.381. The van der Waals surface area contributed by atoms with E-state index >= 15 is 0 Å². The van der Waals surface area contributed by atoms with Crippen LogP contribution in [0.3, 0.4) is 0 Å². The summed E-state index contributed by atoms with van der Waals surface area (Å²) in [5.41, 5.74) is 2.02. The second-order valence-corrected chi connectivity index (χ2v) is 8.98. The third-order valence-corrected chi connectivity index (χ3v) is 6.49. The highest BCUT2D eigenvalue weighted by molar-refractivity contribution is 7.99. The molecule has 1 heterocycles. The molecule has 4 nitrogen and oxygen atoms in total. The number of para-hydroxylation sites is 1. The van der Waals surface area contributed by atoms with Crippen molar-refractivity contribution in [3.05, 3.63) is 59.9 Å². The van der Waals surface area contributed by atoms with Crippen LogP contribution < -0.4 is 10.6 Å². The number of amides is 2. The van der Waals surface area contributed by atoms with Gasteiger partial charge in [0.1, 0.15) is 5.82 Å². The van der Waals surface area contributed by atoms with Gasteiger partial charge in [0.05, 0.1) is 0 Å². The van der Waals surface area contributed by atoms with Gasteiger partial charge in [-0.2, -0.15) is 11.8 Å². The number of rotatable bonds is 8. The average Bonchev–Trinajstić information content (AvgIpc) is 2.71. The van der Waals surface area contributed by atoms with E-state index in [1.54, 1.807) is 23.9 Å². The Hall–Kier alpha value is -1.70. The topological polar surface area (TPSA) is 44.4 Å². The first-order chi connectivity index (χ1) is 13.7. The monoisotopic (exact) mass is 419 g/mol. The number of nitrogens with one attached hydrogen (secondary N) is 2. The van der Waals surface area contributed by atoms with Crippen molar-refractivity contribution < 1.29 is 9.18 Å². The van der Waals surface area contributed by atoms with E-state index in [0.717, 1.165) is 48.0 Å². The molecule has 1 aliphatic heterocycles. The normalized spacial score (nSPS) is 14.6. The van der Waals surface area contributed by atoms with Crippen molar-refractivity contribution in [2.24, 2.45) is 0 Å². The van der Waals surface area contributed by atoms with Gasteiger partial charge in [0.25, 0.3) is 0 Å². The van der Waals surface area contributed by atoms with Crippen molar-refractivity contribution in [1.29, 1.82) is 0 Å². The van der Waals surface area contributed by atoms with Crippen molar-refractivity contribution >= 4 is 35.2 Å². The summed E-state index contributed by atoms with van der Waals surface area (Å²) in [5.74, 6) is 3.00. The molecule has 2 N–H and O–H groups in total. The zero-order valence-corrected chi connectivity index (χ0v) is 17.5. The molecule has 0 spiro atoms. The van der Waals surface area contributed by atoms with Gasteiger partial charge in [-0.3, -0.25) is 4.90 Å². The Morgan fingerprint density at radius 3 is 2.64 bits per heavy atom. The number of hydrogen-bond donors (Lipinski definition) is 2. The van der Waals surface area contributed by atoms with E-state index in [-0.39, 0.29) is 11.8 Å². The van der Waals surface area contributed by atoms with Crippen LogP contribution in [0.15, 0.2) is 53.4 Å². The number of nitrogens with zero attached hydrogens (tertiary/aromatic N) is 1. The molecule has 28 heavy (non-hydrogen) atoms. The predicted molar refractivity (Wildman–Crippen MR) is 118 cm³/mol. The van der Waals surface area contributed by atoms with Crippen LogP contribution in [0.4, 0.5) is 14.9 Å². The summed E-state index contributed by atoms with van der Waals surface area (Å²) in [5, 5.41) is 5.90. The Bertz CT molecular complexity index is 752. The molecule has 2 aromatic rings. The smallest absolute Gasteiger partial charge is 0.319 e. The molecule has 2 amide bonds. The third-order valence-electron chi connectivity index (χ3n) is 4.45. The average molecular weight is 420 g/mol. The van der Waals surface area contributed by atoms with E-state index in [0.29, 0.717) is 6.54 Å². The quantitative estimate of drug-likeness (QED) is 0.482. The predicted octanol–water partition coefficient (Wildman–Crippen LogP) is 4.68. The number of thioether (sulfide) groups is 2. The van der Waals surface area contributed by atoms with Crippen molar-refractivity contribution in [3.8, 4) is 0 Å². The lowest BCUT2D eigenvalue weighted by Gasteiger charge is -2.27. The van der Waals surface area contributed by atoms with Crippen molar-refractivity contribution in [2.45, 2.75) is 17.9 Å². The molecular formula is C21H26FN3OS2. The second kappa shape index (κ2) is 11.3. The molecule has 0 aromatic heterocycles. The van der Waals surface area contributed by atoms with E-state index in [1.807, 2.05) is 30.0 Å². The van der Waals surface area contributed by atoms with Gasteiger partial charge in [-0.15, -0.1) is 11.8 Å². The summed E-state index contributed by atoms with van der Waals surface area (Å²) in [6.45, 7) is 3.66. The largest absolute Gasteiger partial charge is 0.338 e. The number of anilines is 1. The van der Waals surface area contributed by atoms with Gasteiger partial charge < -0.3 is 10.6 Å². The lowest BCUT2D eigenvalue weighted by atomic mass is 10.1. The highest BCUT2D eigenvalue weighted by Gasteiger charge is 2.13. The van der Waals surface area contributed by atoms with Crippen molar-refractivity contribution in [1.82, 2.24) is 10.2 Å². The molecule has 2 aromatic carbocycles. The Kier molecular flexibility index (Phi) is 8.51. The first kappa shape index (κ1) is 21.0. The Balaban J connectivity index is 1.39. The number of carbonyl (C=O) groups is 1. The standard InChI is InChI=1S/C21H26FN3OS2/c22-18-6-8-19(9-7-18)28-13-3-10-23-21(26)24-20-5-2-1-4-17(20)16-25-11-14-27-15-12-25/h1-2,4-9H,3,10-16H2,(H2,23,24,26). The van der Waals surface area contributed by atoms with Gasteiger partial charge in [-0.1, -0.05) is 18.2 Å². The maximum atomic E-state index is 12.9. The molecule has 0 unspecified atom stereocenters. The van der Waals surface area contributed by atoms with Crippen LogP contribution in [0.2, 0.25) is 0 Å². The molecule has 0 aliphatic carbocycles. The molecule has 1 fully saturated rings. The van der Waals surface area contributed by atoms with Crippen LogP contribution in [0.5, 0.6) is 0 Å². The summed E-state index contributed by atoms with van der Waals surface area (Å²) >= 11 is 3.66. The minimum atomic E-state index is -0.220. The molecule has 0 saturated carbocycles. The summed E-state index contributed by atoms with van der Waals surface area (Å²) in [6.07, 6.45) is 0.850. The van der Waals surface area contributed by atoms with Gasteiger partial charge in [-0.05, 0) is 48.1 Å². The van der Waals surface area contributed by atoms with Gasteiger partial charge in [0.15, 0.2) is 0 Å². The maximum Gasteiger partial charge on any atom is 0.319 e. The minimum absolute atomic E-state index is 0.173. The fourth-order valence-corrected chi connectivity index (χ4v) is 4.77. The van der Waals surface area contributed by atoms with Crippen molar-refractivity contribution in [2.75, 3.05) is 42.2 Å². The van der Waals surface area contributed by atoms with E-state index < -0.39 is 0 Å². The second-order valence-electron chi connectivity index (χ2n) is 6.58. The number of benzene rings is 2. The zero-order chi connectivity index (χ0) is 19.6. The lowest BCUT2D eigenvalue weighted by Crippen LogP contribution is -2.33. The third kappa shape index (κ3) is 7.04. The van der Waals surface area contributed by atoms with Gasteiger partial charge in [0, 0.05) is 48.3 Å². The first-order valence-electron chi connectivity index (χ1n) is 9.52. The summed E-state index contributed by atoms with van der Waals surface area (Å²) in [4.78, 5) is 15.7. The summed E-state index contributed by atoms with van der Waals surface area (Å²) in [7, 11) is 0. The lowest BCUT2D eigenvalue weighted by molar-refractivity contribution is 0.252.